The van der Waals surface area contributed by atoms with Crippen molar-refractivity contribution in [1.82, 2.24) is 19.7 Å². The minimum absolute atomic E-state index is 0.739. The van der Waals surface area contributed by atoms with Crippen LogP contribution in [0.5, 0.6) is 5.75 Å². The zero-order valence-corrected chi connectivity index (χ0v) is 16.9. The molecular formula is C24H25N5O. The SMILES string of the molecule is c1cc(N2CCNCC2)c2nc(-c3cnc4cc(OCC5CC5)ccn34)ccc2c1. The topological polar surface area (TPSA) is 54.7 Å². The van der Waals surface area contributed by atoms with E-state index in [-0.39, 0.29) is 0 Å². The first kappa shape index (κ1) is 17.7. The summed E-state index contributed by atoms with van der Waals surface area (Å²) in [6.45, 7) is 4.84. The number of nitrogens with zero attached hydrogens (tertiary/aromatic N) is 4. The number of rotatable bonds is 5. The van der Waals surface area contributed by atoms with E-state index in [2.05, 4.69) is 49.9 Å². The van der Waals surface area contributed by atoms with Gasteiger partial charge in [-0.1, -0.05) is 18.2 Å². The number of imidazole rings is 1. The Morgan fingerprint density at radius 1 is 1.07 bits per heavy atom. The molecule has 0 radical (unpaired) electrons. The van der Waals surface area contributed by atoms with Crippen LogP contribution in [0.15, 0.2) is 54.9 Å². The maximum Gasteiger partial charge on any atom is 0.140 e. The number of pyridine rings is 2. The summed E-state index contributed by atoms with van der Waals surface area (Å²) in [5.41, 5.74) is 5.08. The summed E-state index contributed by atoms with van der Waals surface area (Å²) < 4.78 is 8.00. The van der Waals surface area contributed by atoms with Gasteiger partial charge in [-0.2, -0.15) is 0 Å². The van der Waals surface area contributed by atoms with E-state index in [4.69, 9.17) is 9.72 Å². The second kappa shape index (κ2) is 7.29. The van der Waals surface area contributed by atoms with Crippen LogP contribution < -0.4 is 15.0 Å². The van der Waals surface area contributed by atoms with Gasteiger partial charge < -0.3 is 15.0 Å². The van der Waals surface area contributed by atoms with Crippen LogP contribution in [0.1, 0.15) is 12.8 Å². The predicted molar refractivity (Wildman–Crippen MR) is 119 cm³/mol. The van der Waals surface area contributed by atoms with Crippen molar-refractivity contribution in [2.75, 3.05) is 37.7 Å². The average molecular weight is 399 g/mol. The number of hydrogen-bond acceptors (Lipinski definition) is 5. The normalized spacial score (nSPS) is 17.0. The molecule has 0 unspecified atom stereocenters. The van der Waals surface area contributed by atoms with E-state index in [1.807, 2.05) is 24.5 Å². The first-order valence-electron chi connectivity index (χ1n) is 10.8. The van der Waals surface area contributed by atoms with Crippen LogP contribution in [-0.2, 0) is 0 Å². The van der Waals surface area contributed by atoms with Crippen LogP contribution in [0.4, 0.5) is 5.69 Å². The van der Waals surface area contributed by atoms with Crippen LogP contribution in [-0.4, -0.2) is 47.2 Å². The van der Waals surface area contributed by atoms with Gasteiger partial charge in [0.2, 0.25) is 0 Å². The number of aromatic nitrogens is 3. The molecule has 0 atom stereocenters. The van der Waals surface area contributed by atoms with Gasteiger partial charge in [0.1, 0.15) is 11.4 Å². The molecule has 1 saturated heterocycles. The van der Waals surface area contributed by atoms with E-state index in [1.54, 1.807) is 0 Å². The van der Waals surface area contributed by atoms with Gasteiger partial charge in [-0.25, -0.2) is 9.97 Å². The van der Waals surface area contributed by atoms with Crippen molar-refractivity contribution >= 4 is 22.2 Å². The number of hydrogen-bond donors (Lipinski definition) is 1. The molecule has 4 heterocycles. The van der Waals surface area contributed by atoms with Gasteiger partial charge >= 0.3 is 0 Å². The molecule has 2 aliphatic rings. The summed E-state index contributed by atoms with van der Waals surface area (Å²) in [5.74, 6) is 1.63. The number of anilines is 1. The Labute approximate surface area is 175 Å². The fraction of sp³-hybridized carbons (Fsp3) is 0.333. The van der Waals surface area contributed by atoms with E-state index in [0.29, 0.717) is 0 Å². The first-order valence-corrected chi connectivity index (χ1v) is 10.8. The monoisotopic (exact) mass is 399 g/mol. The maximum absolute atomic E-state index is 5.91. The third-order valence-corrected chi connectivity index (χ3v) is 6.09. The standard InChI is InChI=1S/C24H25N5O/c1-2-18-6-7-20(27-24(18)21(3-1)28-12-9-25-10-13-28)22-15-26-23-14-19(8-11-29(22)23)30-16-17-4-5-17/h1-3,6-8,11,14-15,17,25H,4-5,9-10,12-13,16H2. The molecule has 1 N–H and O–H groups in total. The average Bonchev–Trinajstić information content (AvgIpc) is 3.54. The second-order valence-corrected chi connectivity index (χ2v) is 8.27. The Morgan fingerprint density at radius 3 is 2.83 bits per heavy atom. The lowest BCUT2D eigenvalue weighted by atomic mass is 10.1. The number of ether oxygens (including phenoxy) is 1. The van der Waals surface area contributed by atoms with Crippen molar-refractivity contribution in [3.05, 3.63) is 54.9 Å². The highest BCUT2D eigenvalue weighted by atomic mass is 16.5. The molecule has 0 bridgehead atoms. The quantitative estimate of drug-likeness (QED) is 0.554. The third kappa shape index (κ3) is 3.27. The highest BCUT2D eigenvalue weighted by Crippen LogP contribution is 2.31. The molecule has 1 aliphatic heterocycles. The predicted octanol–water partition coefficient (Wildman–Crippen LogP) is 3.75. The Bertz CT molecular complexity index is 1210. The Hall–Kier alpha value is -3.12. The van der Waals surface area contributed by atoms with Crippen molar-refractivity contribution in [3.63, 3.8) is 0 Å². The van der Waals surface area contributed by atoms with E-state index in [9.17, 15) is 0 Å². The van der Waals surface area contributed by atoms with Gasteiger partial charge in [0, 0.05) is 43.8 Å². The van der Waals surface area contributed by atoms with Crippen molar-refractivity contribution in [2.45, 2.75) is 12.8 Å². The van der Waals surface area contributed by atoms with Gasteiger partial charge in [0.15, 0.2) is 0 Å². The Balaban J connectivity index is 1.37. The molecule has 1 aliphatic carbocycles. The van der Waals surface area contributed by atoms with Crippen molar-refractivity contribution in [1.29, 1.82) is 0 Å². The molecular weight excluding hydrogens is 374 g/mol. The van der Waals surface area contributed by atoms with Crippen molar-refractivity contribution in [2.24, 2.45) is 5.92 Å². The van der Waals surface area contributed by atoms with Crippen LogP contribution in [0.3, 0.4) is 0 Å². The third-order valence-electron chi connectivity index (χ3n) is 6.09. The zero-order chi connectivity index (χ0) is 19.9. The minimum Gasteiger partial charge on any atom is -0.493 e. The van der Waals surface area contributed by atoms with Crippen molar-refractivity contribution in [3.8, 4) is 17.1 Å². The molecule has 1 aromatic carbocycles. The summed E-state index contributed by atoms with van der Waals surface area (Å²) in [6, 6.07) is 14.7. The Kier molecular flexibility index (Phi) is 4.30. The van der Waals surface area contributed by atoms with Gasteiger partial charge in [0.05, 0.1) is 35.4 Å². The second-order valence-electron chi connectivity index (χ2n) is 8.27. The molecule has 3 aromatic heterocycles. The lowest BCUT2D eigenvalue weighted by molar-refractivity contribution is 0.300. The van der Waals surface area contributed by atoms with Crippen LogP contribution in [0.2, 0.25) is 0 Å². The van der Waals surface area contributed by atoms with Gasteiger partial charge in [0.25, 0.3) is 0 Å². The zero-order valence-electron chi connectivity index (χ0n) is 16.9. The molecule has 2 fully saturated rings. The van der Waals surface area contributed by atoms with Crippen LogP contribution in [0, 0.1) is 5.92 Å². The first-order chi connectivity index (χ1) is 14.8. The fourth-order valence-corrected chi connectivity index (χ4v) is 4.17. The molecule has 30 heavy (non-hydrogen) atoms. The van der Waals surface area contributed by atoms with Crippen LogP contribution >= 0.6 is 0 Å². The molecule has 152 valence electrons. The lowest BCUT2D eigenvalue weighted by Crippen LogP contribution is -2.43. The molecule has 1 saturated carbocycles. The molecule has 6 nitrogen and oxygen atoms in total. The van der Waals surface area contributed by atoms with E-state index in [0.717, 1.165) is 67.0 Å². The molecule has 6 heteroatoms. The summed E-state index contributed by atoms with van der Waals surface area (Å²) in [4.78, 5) is 12.1. The number of nitrogens with one attached hydrogen (secondary N) is 1. The van der Waals surface area contributed by atoms with Crippen molar-refractivity contribution < 1.29 is 4.74 Å². The number of para-hydroxylation sites is 1. The fourth-order valence-electron chi connectivity index (χ4n) is 4.17. The van der Waals surface area contributed by atoms with E-state index < -0.39 is 0 Å². The molecule has 6 rings (SSSR count). The summed E-state index contributed by atoms with van der Waals surface area (Å²) in [6.07, 6.45) is 6.52. The van der Waals surface area contributed by atoms with E-state index >= 15 is 0 Å². The highest BCUT2D eigenvalue weighted by molar-refractivity contribution is 5.92. The van der Waals surface area contributed by atoms with Gasteiger partial charge in [-0.3, -0.25) is 4.40 Å². The number of piperazine rings is 1. The molecule has 0 amide bonds. The smallest absolute Gasteiger partial charge is 0.140 e. The number of fused-ring (bicyclic) bond motifs is 2. The lowest BCUT2D eigenvalue weighted by Gasteiger charge is -2.30. The number of benzene rings is 1. The highest BCUT2D eigenvalue weighted by Gasteiger charge is 2.22. The largest absolute Gasteiger partial charge is 0.493 e. The maximum atomic E-state index is 5.91. The van der Waals surface area contributed by atoms with Crippen LogP contribution in [0.25, 0.3) is 27.9 Å². The summed E-state index contributed by atoms with van der Waals surface area (Å²) in [7, 11) is 0. The Morgan fingerprint density at radius 2 is 1.97 bits per heavy atom. The van der Waals surface area contributed by atoms with Gasteiger partial charge in [-0.05, 0) is 37.0 Å². The van der Waals surface area contributed by atoms with E-state index in [1.165, 1.54) is 23.9 Å². The minimum atomic E-state index is 0.739. The molecule has 4 aromatic rings. The van der Waals surface area contributed by atoms with Gasteiger partial charge in [-0.15, -0.1) is 0 Å². The summed E-state index contributed by atoms with van der Waals surface area (Å²) in [5, 5.41) is 4.59. The molecule has 0 spiro atoms. The summed E-state index contributed by atoms with van der Waals surface area (Å²) >= 11 is 0.